The molecule has 0 aliphatic rings. The van der Waals surface area contributed by atoms with E-state index in [9.17, 15) is 8.42 Å². The first-order chi connectivity index (χ1) is 12.0. The van der Waals surface area contributed by atoms with E-state index in [2.05, 4.69) is 23.2 Å². The van der Waals surface area contributed by atoms with Crippen LogP contribution in [0.4, 0.5) is 0 Å². The van der Waals surface area contributed by atoms with Gasteiger partial charge in [-0.15, -0.1) is 0 Å². The largest absolute Gasteiger partial charge is 0.256 e. The summed E-state index contributed by atoms with van der Waals surface area (Å²) < 4.78 is 25.7. The number of rotatable bonds is 6. The lowest BCUT2D eigenvalue weighted by Gasteiger charge is -2.12. The fourth-order valence-corrected chi connectivity index (χ4v) is 4.51. The molecule has 0 spiro atoms. The zero-order chi connectivity index (χ0) is 17.9. The summed E-state index contributed by atoms with van der Waals surface area (Å²) >= 11 is 1.75. The molecule has 2 aromatic carbocycles. The first kappa shape index (κ1) is 17.9. The average Bonchev–Trinajstić information content (AvgIpc) is 2.62. The van der Waals surface area contributed by atoms with Crippen molar-refractivity contribution in [2.45, 2.75) is 16.4 Å². The van der Waals surface area contributed by atoms with Crippen LogP contribution in [0.15, 0.2) is 65.7 Å². The molecule has 1 aromatic heterocycles. The van der Waals surface area contributed by atoms with Gasteiger partial charge in [-0.25, -0.2) is 12.7 Å². The predicted molar refractivity (Wildman–Crippen MR) is 104 cm³/mol. The number of sulfonamides is 1. The monoisotopic (exact) mass is 372 g/mol. The van der Waals surface area contributed by atoms with Crippen LogP contribution in [0.25, 0.3) is 10.9 Å². The quantitative estimate of drug-likeness (QED) is 0.658. The third-order valence-corrected chi connectivity index (χ3v) is 6.78. The first-order valence-corrected chi connectivity index (χ1v) is 10.5. The highest BCUT2D eigenvalue weighted by atomic mass is 32.2. The van der Waals surface area contributed by atoms with Crippen LogP contribution < -0.4 is 0 Å². The Bertz CT molecular complexity index is 980. The van der Waals surface area contributed by atoms with Crippen molar-refractivity contribution in [2.24, 2.45) is 0 Å². The second kappa shape index (κ2) is 7.56. The van der Waals surface area contributed by atoms with Crippen molar-refractivity contribution in [2.75, 3.05) is 14.1 Å². The van der Waals surface area contributed by atoms with Gasteiger partial charge in [0, 0.05) is 37.2 Å². The Balaban J connectivity index is 1.72. The summed E-state index contributed by atoms with van der Waals surface area (Å²) in [6.45, 7) is 0. The zero-order valence-electron chi connectivity index (χ0n) is 14.2. The summed E-state index contributed by atoms with van der Waals surface area (Å²) in [5, 5.41) is 1.14. The fourth-order valence-electron chi connectivity index (χ4n) is 2.57. The smallest absolute Gasteiger partial charge is 0.242 e. The number of fused-ring (bicyclic) bond motifs is 1. The summed E-state index contributed by atoms with van der Waals surface area (Å²) in [6.07, 6.45) is 1.81. The number of aromatic nitrogens is 1. The van der Waals surface area contributed by atoms with Crippen molar-refractivity contribution in [3.63, 3.8) is 0 Å². The normalized spacial score (nSPS) is 12.0. The highest BCUT2D eigenvalue weighted by molar-refractivity contribution is 7.97. The molecule has 0 aliphatic carbocycles. The van der Waals surface area contributed by atoms with Gasteiger partial charge in [0.25, 0.3) is 0 Å². The third kappa shape index (κ3) is 4.03. The van der Waals surface area contributed by atoms with Gasteiger partial charge in [-0.05, 0) is 29.3 Å². The molecule has 0 amide bonds. The highest BCUT2D eigenvalue weighted by Crippen LogP contribution is 2.24. The van der Waals surface area contributed by atoms with Crippen molar-refractivity contribution in [1.29, 1.82) is 0 Å². The summed E-state index contributed by atoms with van der Waals surface area (Å²) in [7, 11) is -0.300. The molecule has 0 aliphatic heterocycles. The minimum absolute atomic E-state index is 0.336. The van der Waals surface area contributed by atoms with E-state index in [1.54, 1.807) is 44.1 Å². The van der Waals surface area contributed by atoms with Crippen molar-refractivity contribution >= 4 is 32.7 Å². The maximum Gasteiger partial charge on any atom is 0.242 e. The standard InChI is InChI=1S/C19H20N2O2S2/c1-21(2)25(22,23)18-10-3-6-15(12-18)13-24-14-17-8-4-7-16-9-5-11-20-19(16)17/h3-12H,13-14H2,1-2H3. The Morgan fingerprint density at radius 1 is 1.00 bits per heavy atom. The lowest BCUT2D eigenvalue weighted by molar-refractivity contribution is 0.520. The van der Waals surface area contributed by atoms with Crippen LogP contribution in [-0.4, -0.2) is 31.8 Å². The lowest BCUT2D eigenvalue weighted by atomic mass is 10.1. The summed E-state index contributed by atoms with van der Waals surface area (Å²) in [5.74, 6) is 1.58. The molecule has 1 heterocycles. The van der Waals surface area contributed by atoms with E-state index in [1.807, 2.05) is 24.4 Å². The maximum absolute atomic E-state index is 12.2. The number of benzene rings is 2. The molecule has 0 unspecified atom stereocenters. The second-order valence-electron chi connectivity index (χ2n) is 5.92. The molecule has 130 valence electrons. The molecule has 0 bridgehead atoms. The van der Waals surface area contributed by atoms with Crippen molar-refractivity contribution < 1.29 is 8.42 Å². The minimum atomic E-state index is -3.39. The Morgan fingerprint density at radius 3 is 2.56 bits per heavy atom. The molecule has 3 rings (SSSR count). The molecular weight excluding hydrogens is 352 g/mol. The molecule has 4 nitrogen and oxygen atoms in total. The molecule has 3 aromatic rings. The molecule has 0 radical (unpaired) electrons. The Hall–Kier alpha value is -1.89. The van der Waals surface area contributed by atoms with Crippen LogP contribution >= 0.6 is 11.8 Å². The SMILES string of the molecule is CN(C)S(=O)(=O)c1cccc(CSCc2cccc3cccnc23)c1. The number of hydrogen-bond acceptors (Lipinski definition) is 4. The molecule has 6 heteroatoms. The molecule has 0 fully saturated rings. The van der Waals surface area contributed by atoms with E-state index in [0.717, 1.165) is 28.0 Å². The molecule has 0 saturated heterocycles. The molecule has 0 saturated carbocycles. The topological polar surface area (TPSA) is 50.3 Å². The van der Waals surface area contributed by atoms with E-state index in [-0.39, 0.29) is 0 Å². The number of para-hydroxylation sites is 1. The number of nitrogens with zero attached hydrogens (tertiary/aromatic N) is 2. The Kier molecular flexibility index (Phi) is 5.42. The number of hydrogen-bond donors (Lipinski definition) is 0. The average molecular weight is 373 g/mol. The van der Waals surface area contributed by atoms with Crippen LogP contribution in [0.1, 0.15) is 11.1 Å². The summed E-state index contributed by atoms with van der Waals surface area (Å²) in [6, 6.07) is 17.4. The molecule has 0 atom stereocenters. The van der Waals surface area contributed by atoms with Crippen LogP contribution in [0.2, 0.25) is 0 Å². The second-order valence-corrected chi connectivity index (χ2v) is 9.06. The van der Waals surface area contributed by atoms with Gasteiger partial charge in [0.2, 0.25) is 10.0 Å². The first-order valence-electron chi connectivity index (χ1n) is 7.90. The van der Waals surface area contributed by atoms with Crippen LogP contribution in [0, 0.1) is 0 Å². The maximum atomic E-state index is 12.2. The van der Waals surface area contributed by atoms with Crippen LogP contribution in [-0.2, 0) is 21.5 Å². The predicted octanol–water partition coefficient (Wildman–Crippen LogP) is 3.92. The summed E-state index contributed by atoms with van der Waals surface area (Å²) in [5.41, 5.74) is 3.22. The van der Waals surface area contributed by atoms with E-state index in [0.29, 0.717) is 4.90 Å². The van der Waals surface area contributed by atoms with Gasteiger partial charge in [-0.2, -0.15) is 11.8 Å². The van der Waals surface area contributed by atoms with Gasteiger partial charge < -0.3 is 0 Å². The lowest BCUT2D eigenvalue weighted by Crippen LogP contribution is -2.22. The van der Waals surface area contributed by atoms with Gasteiger partial charge in [-0.3, -0.25) is 4.98 Å². The van der Waals surface area contributed by atoms with Crippen LogP contribution in [0.5, 0.6) is 0 Å². The van der Waals surface area contributed by atoms with Gasteiger partial charge in [-0.1, -0.05) is 36.4 Å². The minimum Gasteiger partial charge on any atom is -0.256 e. The van der Waals surface area contributed by atoms with Gasteiger partial charge in [0.1, 0.15) is 0 Å². The summed E-state index contributed by atoms with van der Waals surface area (Å²) in [4.78, 5) is 4.81. The molecule has 0 N–H and O–H groups in total. The van der Waals surface area contributed by atoms with Crippen molar-refractivity contribution in [1.82, 2.24) is 9.29 Å². The molecular formula is C19H20N2O2S2. The van der Waals surface area contributed by atoms with E-state index in [4.69, 9.17) is 0 Å². The van der Waals surface area contributed by atoms with Crippen molar-refractivity contribution in [3.8, 4) is 0 Å². The zero-order valence-corrected chi connectivity index (χ0v) is 15.8. The van der Waals surface area contributed by atoms with Crippen LogP contribution in [0.3, 0.4) is 0 Å². The number of thioether (sulfide) groups is 1. The molecule has 25 heavy (non-hydrogen) atoms. The van der Waals surface area contributed by atoms with E-state index >= 15 is 0 Å². The fraction of sp³-hybridized carbons (Fsp3) is 0.211. The highest BCUT2D eigenvalue weighted by Gasteiger charge is 2.17. The Morgan fingerprint density at radius 2 is 1.76 bits per heavy atom. The van der Waals surface area contributed by atoms with Gasteiger partial charge in [0.05, 0.1) is 10.4 Å². The van der Waals surface area contributed by atoms with E-state index < -0.39 is 10.0 Å². The van der Waals surface area contributed by atoms with Gasteiger partial charge >= 0.3 is 0 Å². The Labute approximate surface area is 152 Å². The van der Waals surface area contributed by atoms with Gasteiger partial charge in [0.15, 0.2) is 0 Å². The van der Waals surface area contributed by atoms with E-state index in [1.165, 1.54) is 9.87 Å². The third-order valence-electron chi connectivity index (χ3n) is 3.92. The van der Waals surface area contributed by atoms with Crippen molar-refractivity contribution in [3.05, 3.63) is 71.9 Å². The number of pyridine rings is 1.